The Kier molecular flexibility index (Phi) is 3.37. The maximum atomic E-state index is 12.3. The Morgan fingerprint density at radius 2 is 1.89 bits per heavy atom. The SMILES string of the molecule is C=CC(C)n1c(O)cc(=O)n(-c2ccccc2)c1=O. The molecule has 0 spiro atoms. The van der Waals surface area contributed by atoms with Crippen LogP contribution in [-0.2, 0) is 0 Å². The Morgan fingerprint density at radius 3 is 2.47 bits per heavy atom. The van der Waals surface area contributed by atoms with Gasteiger partial charge in [-0.2, -0.15) is 0 Å². The van der Waals surface area contributed by atoms with Crippen molar-refractivity contribution in [1.82, 2.24) is 9.13 Å². The van der Waals surface area contributed by atoms with E-state index in [-0.39, 0.29) is 5.88 Å². The number of nitrogens with zero attached hydrogens (tertiary/aromatic N) is 2. The van der Waals surface area contributed by atoms with Gasteiger partial charge in [0.1, 0.15) is 0 Å². The quantitative estimate of drug-likeness (QED) is 0.847. The predicted molar refractivity (Wildman–Crippen MR) is 72.9 cm³/mol. The highest BCUT2D eigenvalue weighted by Gasteiger charge is 2.14. The molecule has 2 aromatic rings. The van der Waals surface area contributed by atoms with Crippen LogP contribution in [0.2, 0.25) is 0 Å². The van der Waals surface area contributed by atoms with Crippen molar-refractivity contribution >= 4 is 0 Å². The molecule has 0 aliphatic carbocycles. The summed E-state index contributed by atoms with van der Waals surface area (Å²) in [6.45, 7) is 5.29. The zero-order chi connectivity index (χ0) is 14.0. The van der Waals surface area contributed by atoms with E-state index in [1.807, 2.05) is 0 Å². The summed E-state index contributed by atoms with van der Waals surface area (Å²) in [7, 11) is 0. The maximum Gasteiger partial charge on any atom is 0.338 e. The molecule has 1 aromatic carbocycles. The molecule has 5 nitrogen and oxygen atoms in total. The Morgan fingerprint density at radius 1 is 1.26 bits per heavy atom. The number of rotatable bonds is 3. The average Bonchev–Trinajstić information content (AvgIpc) is 2.39. The summed E-state index contributed by atoms with van der Waals surface area (Å²) in [5, 5.41) is 9.75. The predicted octanol–water partition coefficient (Wildman–Crippen LogP) is 1.45. The van der Waals surface area contributed by atoms with Crippen LogP contribution in [0.15, 0.2) is 58.6 Å². The Labute approximate surface area is 109 Å². The largest absolute Gasteiger partial charge is 0.494 e. The molecular weight excluding hydrogens is 244 g/mol. The second kappa shape index (κ2) is 4.97. The zero-order valence-electron chi connectivity index (χ0n) is 10.5. The lowest BCUT2D eigenvalue weighted by atomic mass is 10.3. The van der Waals surface area contributed by atoms with Gasteiger partial charge in [0, 0.05) is 0 Å². The van der Waals surface area contributed by atoms with Gasteiger partial charge in [-0.25, -0.2) is 9.36 Å². The number of aromatic nitrogens is 2. The first-order chi connectivity index (χ1) is 9.06. The smallest absolute Gasteiger partial charge is 0.338 e. The summed E-state index contributed by atoms with van der Waals surface area (Å²) in [4.78, 5) is 24.2. The normalized spacial score (nSPS) is 12.1. The highest BCUT2D eigenvalue weighted by molar-refractivity contribution is 5.32. The number of hydrogen-bond donors (Lipinski definition) is 1. The first-order valence-corrected chi connectivity index (χ1v) is 5.82. The lowest BCUT2D eigenvalue weighted by Gasteiger charge is -2.15. The standard InChI is InChI=1S/C14H14N2O3/c1-3-10(2)15-12(17)9-13(18)16(14(15)19)11-7-5-4-6-8-11/h3-10,17H,1H2,2H3. The number of para-hydroxylation sites is 1. The summed E-state index contributed by atoms with van der Waals surface area (Å²) in [5.41, 5.74) is -0.702. The highest BCUT2D eigenvalue weighted by atomic mass is 16.3. The first kappa shape index (κ1) is 12.9. The Bertz CT molecular complexity index is 714. The number of aromatic hydroxyl groups is 1. The van der Waals surface area contributed by atoms with Gasteiger partial charge >= 0.3 is 5.69 Å². The molecule has 1 atom stereocenters. The van der Waals surface area contributed by atoms with Crippen LogP contribution in [-0.4, -0.2) is 14.2 Å². The van der Waals surface area contributed by atoms with Gasteiger partial charge < -0.3 is 5.11 Å². The van der Waals surface area contributed by atoms with Gasteiger partial charge in [-0.3, -0.25) is 9.36 Å². The molecule has 0 fully saturated rings. The van der Waals surface area contributed by atoms with Crippen molar-refractivity contribution in [1.29, 1.82) is 0 Å². The van der Waals surface area contributed by atoms with Crippen LogP contribution in [0, 0.1) is 0 Å². The van der Waals surface area contributed by atoms with Crippen molar-refractivity contribution in [2.24, 2.45) is 0 Å². The van der Waals surface area contributed by atoms with E-state index in [9.17, 15) is 14.7 Å². The molecule has 5 heteroatoms. The lowest BCUT2D eigenvalue weighted by molar-refractivity contribution is 0.388. The molecule has 1 unspecified atom stereocenters. The second-order valence-electron chi connectivity index (χ2n) is 4.14. The van der Waals surface area contributed by atoms with Crippen LogP contribution in [0.25, 0.3) is 5.69 Å². The first-order valence-electron chi connectivity index (χ1n) is 5.82. The molecule has 0 aliphatic heterocycles. The molecule has 1 aromatic heterocycles. The number of hydrogen-bond acceptors (Lipinski definition) is 3. The fourth-order valence-corrected chi connectivity index (χ4v) is 1.85. The van der Waals surface area contributed by atoms with Crippen molar-refractivity contribution in [3.8, 4) is 11.6 Å². The van der Waals surface area contributed by atoms with E-state index in [2.05, 4.69) is 6.58 Å². The molecule has 2 rings (SSSR count). The van der Waals surface area contributed by atoms with Crippen LogP contribution in [0.5, 0.6) is 5.88 Å². The zero-order valence-corrected chi connectivity index (χ0v) is 10.5. The second-order valence-corrected chi connectivity index (χ2v) is 4.14. The summed E-state index contributed by atoms with van der Waals surface area (Å²) in [5.74, 6) is -0.366. The van der Waals surface area contributed by atoms with E-state index in [1.54, 1.807) is 37.3 Å². The topological polar surface area (TPSA) is 64.2 Å². The van der Waals surface area contributed by atoms with Crippen molar-refractivity contribution in [2.75, 3.05) is 0 Å². The van der Waals surface area contributed by atoms with E-state index < -0.39 is 17.3 Å². The van der Waals surface area contributed by atoms with Crippen LogP contribution in [0.1, 0.15) is 13.0 Å². The molecule has 0 saturated carbocycles. The van der Waals surface area contributed by atoms with Gasteiger partial charge in [-0.1, -0.05) is 24.3 Å². The van der Waals surface area contributed by atoms with Gasteiger partial charge in [-0.15, -0.1) is 6.58 Å². The average molecular weight is 258 g/mol. The van der Waals surface area contributed by atoms with E-state index >= 15 is 0 Å². The summed E-state index contributed by atoms with van der Waals surface area (Å²) in [6.07, 6.45) is 1.51. The van der Waals surface area contributed by atoms with E-state index in [0.29, 0.717) is 5.69 Å². The third-order valence-corrected chi connectivity index (χ3v) is 2.88. The maximum absolute atomic E-state index is 12.3. The van der Waals surface area contributed by atoms with Gasteiger partial charge in [0.25, 0.3) is 5.56 Å². The van der Waals surface area contributed by atoms with Gasteiger partial charge in [0.05, 0.1) is 17.8 Å². The fraction of sp³-hybridized carbons (Fsp3) is 0.143. The van der Waals surface area contributed by atoms with Crippen LogP contribution in [0.4, 0.5) is 0 Å². The molecule has 0 aliphatic rings. The molecular formula is C14H14N2O3. The molecule has 0 radical (unpaired) electrons. The van der Waals surface area contributed by atoms with Gasteiger partial charge in [0.15, 0.2) is 0 Å². The summed E-state index contributed by atoms with van der Waals surface area (Å²) >= 11 is 0. The van der Waals surface area contributed by atoms with Crippen molar-refractivity contribution in [3.05, 3.63) is 69.9 Å². The monoisotopic (exact) mass is 258 g/mol. The van der Waals surface area contributed by atoms with Crippen LogP contribution >= 0.6 is 0 Å². The van der Waals surface area contributed by atoms with Crippen LogP contribution < -0.4 is 11.2 Å². The minimum atomic E-state index is -0.594. The Hall–Kier alpha value is -2.56. The van der Waals surface area contributed by atoms with Crippen molar-refractivity contribution < 1.29 is 5.11 Å². The van der Waals surface area contributed by atoms with E-state index in [0.717, 1.165) is 15.2 Å². The number of allylic oxidation sites excluding steroid dienone is 1. The molecule has 98 valence electrons. The molecule has 1 N–H and O–H groups in total. The van der Waals surface area contributed by atoms with Crippen molar-refractivity contribution in [2.45, 2.75) is 13.0 Å². The van der Waals surface area contributed by atoms with E-state index in [4.69, 9.17) is 0 Å². The van der Waals surface area contributed by atoms with E-state index in [1.165, 1.54) is 6.08 Å². The third-order valence-electron chi connectivity index (χ3n) is 2.88. The fourth-order valence-electron chi connectivity index (χ4n) is 1.85. The van der Waals surface area contributed by atoms with Gasteiger partial charge in [0.2, 0.25) is 5.88 Å². The lowest BCUT2D eigenvalue weighted by Crippen LogP contribution is -2.38. The molecule has 0 bridgehead atoms. The molecule has 19 heavy (non-hydrogen) atoms. The molecule has 1 heterocycles. The summed E-state index contributed by atoms with van der Waals surface area (Å²) in [6, 6.07) is 9.17. The highest BCUT2D eigenvalue weighted by Crippen LogP contribution is 2.12. The third kappa shape index (κ3) is 2.22. The van der Waals surface area contributed by atoms with Crippen LogP contribution in [0.3, 0.4) is 0 Å². The number of benzene rings is 1. The molecule has 0 amide bonds. The molecule has 0 saturated heterocycles. The Balaban J connectivity index is 2.80. The van der Waals surface area contributed by atoms with Crippen molar-refractivity contribution in [3.63, 3.8) is 0 Å². The summed E-state index contributed by atoms with van der Waals surface area (Å²) < 4.78 is 2.13. The minimum Gasteiger partial charge on any atom is -0.494 e. The van der Waals surface area contributed by atoms with Gasteiger partial charge in [-0.05, 0) is 19.1 Å². The minimum absolute atomic E-state index is 0.366.